The maximum Gasteiger partial charge on any atom is 0.256 e. The Morgan fingerprint density at radius 2 is 1.62 bits per heavy atom. The second-order valence-electron chi connectivity index (χ2n) is 7.29. The summed E-state index contributed by atoms with van der Waals surface area (Å²) in [6.07, 6.45) is 0. The van der Waals surface area contributed by atoms with Gasteiger partial charge < -0.3 is 5.32 Å². The van der Waals surface area contributed by atoms with E-state index in [0.717, 1.165) is 27.7 Å². The largest absolute Gasteiger partial charge is 0.322 e. The topological polar surface area (TPSA) is 42.0 Å². The number of para-hydroxylation sites is 1. The van der Waals surface area contributed by atoms with E-state index >= 15 is 0 Å². The molecule has 0 aliphatic carbocycles. The smallest absolute Gasteiger partial charge is 0.256 e. The first-order valence-corrected chi connectivity index (χ1v) is 9.85. The number of benzene rings is 3. The summed E-state index contributed by atoms with van der Waals surface area (Å²) in [6.45, 7) is 6.09. The van der Waals surface area contributed by atoms with Crippen molar-refractivity contribution in [2.75, 3.05) is 5.32 Å². The number of fused-ring (bicyclic) bond motifs is 1. The molecular weight excluding hydrogens is 380 g/mol. The molecule has 0 atom stereocenters. The lowest BCUT2D eigenvalue weighted by Gasteiger charge is -2.12. The van der Waals surface area contributed by atoms with E-state index < -0.39 is 0 Å². The number of pyridine rings is 1. The van der Waals surface area contributed by atoms with Crippen molar-refractivity contribution in [2.24, 2.45) is 0 Å². The Balaban J connectivity index is 1.80. The van der Waals surface area contributed by atoms with Crippen molar-refractivity contribution in [3.8, 4) is 11.3 Å². The molecule has 0 aliphatic rings. The molecule has 0 bridgehead atoms. The molecule has 1 heterocycles. The van der Waals surface area contributed by atoms with Crippen molar-refractivity contribution < 1.29 is 4.79 Å². The number of halogens is 1. The molecule has 4 heteroatoms. The minimum Gasteiger partial charge on any atom is -0.322 e. The molecule has 29 heavy (non-hydrogen) atoms. The number of carbonyl (C=O) groups excluding carboxylic acids is 1. The third-order valence-electron chi connectivity index (χ3n) is 5.19. The van der Waals surface area contributed by atoms with Gasteiger partial charge in [0, 0.05) is 21.7 Å². The van der Waals surface area contributed by atoms with Gasteiger partial charge >= 0.3 is 0 Å². The lowest BCUT2D eigenvalue weighted by molar-refractivity contribution is 0.102. The first-order valence-electron chi connectivity index (χ1n) is 9.47. The van der Waals surface area contributed by atoms with Crippen molar-refractivity contribution in [1.29, 1.82) is 0 Å². The van der Waals surface area contributed by atoms with E-state index in [2.05, 4.69) is 31.3 Å². The van der Waals surface area contributed by atoms with Crippen molar-refractivity contribution in [3.63, 3.8) is 0 Å². The molecule has 144 valence electrons. The van der Waals surface area contributed by atoms with E-state index in [1.165, 1.54) is 11.1 Å². The molecule has 0 fully saturated rings. The van der Waals surface area contributed by atoms with Crippen LogP contribution in [0.1, 0.15) is 27.0 Å². The maximum absolute atomic E-state index is 13.1. The Labute approximate surface area is 175 Å². The standard InChI is InChI=1S/C25H21ClN2O/c1-15-8-10-18(12-17(15)3)24-14-21(20-6-4-5-7-23(20)28-24)25(29)27-19-11-9-16(2)22(26)13-19/h4-14H,1-3H3,(H,27,29). The molecule has 1 N–H and O–H groups in total. The molecule has 1 aromatic heterocycles. The molecule has 4 aromatic rings. The number of carbonyl (C=O) groups is 1. The molecule has 0 unspecified atom stereocenters. The van der Waals surface area contributed by atoms with Crippen molar-refractivity contribution in [2.45, 2.75) is 20.8 Å². The zero-order valence-corrected chi connectivity index (χ0v) is 17.3. The summed E-state index contributed by atoms with van der Waals surface area (Å²) < 4.78 is 0. The first-order chi connectivity index (χ1) is 13.9. The molecule has 0 spiro atoms. The zero-order valence-electron chi connectivity index (χ0n) is 16.6. The van der Waals surface area contributed by atoms with Crippen LogP contribution in [0.3, 0.4) is 0 Å². The van der Waals surface area contributed by atoms with Gasteiger partial charge in [0.2, 0.25) is 0 Å². The number of amides is 1. The number of hydrogen-bond donors (Lipinski definition) is 1. The molecule has 0 radical (unpaired) electrons. The van der Waals surface area contributed by atoms with E-state index in [0.29, 0.717) is 16.3 Å². The van der Waals surface area contributed by atoms with E-state index in [1.54, 1.807) is 6.07 Å². The number of nitrogens with zero attached hydrogens (tertiary/aromatic N) is 1. The quantitative estimate of drug-likeness (QED) is 0.414. The van der Waals surface area contributed by atoms with E-state index in [4.69, 9.17) is 16.6 Å². The van der Waals surface area contributed by atoms with Gasteiger partial charge in [-0.3, -0.25) is 4.79 Å². The van der Waals surface area contributed by atoms with E-state index in [1.807, 2.05) is 55.5 Å². The predicted octanol–water partition coefficient (Wildman–Crippen LogP) is 6.73. The summed E-state index contributed by atoms with van der Waals surface area (Å²) in [7, 11) is 0. The number of aryl methyl sites for hydroxylation is 3. The summed E-state index contributed by atoms with van der Waals surface area (Å²) in [5.74, 6) is -0.186. The summed E-state index contributed by atoms with van der Waals surface area (Å²) in [5, 5.41) is 4.41. The zero-order chi connectivity index (χ0) is 20.5. The summed E-state index contributed by atoms with van der Waals surface area (Å²) in [6, 6.07) is 21.3. The van der Waals surface area contributed by atoms with Crippen molar-refractivity contribution >= 4 is 34.1 Å². The molecule has 0 saturated carbocycles. The highest BCUT2D eigenvalue weighted by atomic mass is 35.5. The van der Waals surface area contributed by atoms with Gasteiger partial charge in [0.15, 0.2) is 0 Å². The van der Waals surface area contributed by atoms with Gasteiger partial charge in [0.25, 0.3) is 5.91 Å². The van der Waals surface area contributed by atoms with Crippen LogP contribution >= 0.6 is 11.6 Å². The Hall–Kier alpha value is -3.17. The normalized spacial score (nSPS) is 10.9. The molecule has 1 amide bonds. The monoisotopic (exact) mass is 400 g/mol. The van der Waals surface area contributed by atoms with Gasteiger partial charge in [-0.15, -0.1) is 0 Å². The van der Waals surface area contributed by atoms with Gasteiger partial charge in [-0.05, 0) is 67.8 Å². The highest BCUT2D eigenvalue weighted by Gasteiger charge is 2.15. The SMILES string of the molecule is Cc1ccc(-c2cc(C(=O)Nc3ccc(C)c(Cl)c3)c3ccccc3n2)cc1C. The van der Waals surface area contributed by atoms with Gasteiger partial charge in [0.05, 0.1) is 16.8 Å². The van der Waals surface area contributed by atoms with Crippen molar-refractivity contribution in [3.05, 3.63) is 94.0 Å². The average Bonchev–Trinajstić information content (AvgIpc) is 2.72. The number of rotatable bonds is 3. The molecular formula is C25H21ClN2O. The van der Waals surface area contributed by atoms with Gasteiger partial charge in [-0.2, -0.15) is 0 Å². The number of anilines is 1. The highest BCUT2D eigenvalue weighted by Crippen LogP contribution is 2.27. The number of aromatic nitrogens is 1. The van der Waals surface area contributed by atoms with E-state index in [-0.39, 0.29) is 5.91 Å². The third kappa shape index (κ3) is 3.87. The fraction of sp³-hybridized carbons (Fsp3) is 0.120. The minimum atomic E-state index is -0.186. The highest BCUT2D eigenvalue weighted by molar-refractivity contribution is 6.31. The molecule has 0 aliphatic heterocycles. The molecule has 3 aromatic carbocycles. The van der Waals surface area contributed by atoms with Crippen molar-refractivity contribution in [1.82, 2.24) is 4.98 Å². The van der Waals surface area contributed by atoms with E-state index in [9.17, 15) is 4.79 Å². The van der Waals surface area contributed by atoms with Crippen LogP contribution in [0.15, 0.2) is 66.7 Å². The average molecular weight is 401 g/mol. The van der Waals surface area contributed by atoms with Gasteiger partial charge in [-0.25, -0.2) is 4.98 Å². The van der Waals surface area contributed by atoms with Crippen LogP contribution in [0.2, 0.25) is 5.02 Å². The van der Waals surface area contributed by atoms with Crippen LogP contribution in [-0.2, 0) is 0 Å². The Bertz CT molecular complexity index is 1250. The fourth-order valence-corrected chi connectivity index (χ4v) is 3.46. The lowest BCUT2D eigenvalue weighted by Crippen LogP contribution is -2.13. The second kappa shape index (κ2) is 7.69. The second-order valence-corrected chi connectivity index (χ2v) is 7.70. The lowest BCUT2D eigenvalue weighted by atomic mass is 10.0. The molecule has 0 saturated heterocycles. The third-order valence-corrected chi connectivity index (χ3v) is 5.60. The molecule has 4 rings (SSSR count). The van der Waals surface area contributed by atoms with Crippen LogP contribution < -0.4 is 5.32 Å². The predicted molar refractivity (Wildman–Crippen MR) is 121 cm³/mol. The van der Waals surface area contributed by atoms with Gasteiger partial charge in [-0.1, -0.05) is 48.0 Å². The minimum absolute atomic E-state index is 0.186. The first kappa shape index (κ1) is 19.2. The fourth-order valence-electron chi connectivity index (χ4n) is 3.28. The van der Waals surface area contributed by atoms with Crippen LogP contribution in [0.4, 0.5) is 5.69 Å². The van der Waals surface area contributed by atoms with Crippen LogP contribution in [-0.4, -0.2) is 10.9 Å². The summed E-state index contributed by atoms with van der Waals surface area (Å²) >= 11 is 6.21. The molecule has 3 nitrogen and oxygen atoms in total. The number of hydrogen-bond acceptors (Lipinski definition) is 2. The van der Waals surface area contributed by atoms with Crippen LogP contribution in [0.5, 0.6) is 0 Å². The summed E-state index contributed by atoms with van der Waals surface area (Å²) in [4.78, 5) is 17.9. The number of nitrogens with one attached hydrogen (secondary N) is 1. The Morgan fingerprint density at radius 3 is 2.38 bits per heavy atom. The van der Waals surface area contributed by atoms with Crippen LogP contribution in [0, 0.1) is 20.8 Å². The summed E-state index contributed by atoms with van der Waals surface area (Å²) in [5.41, 5.74) is 7.19. The van der Waals surface area contributed by atoms with Crippen LogP contribution in [0.25, 0.3) is 22.2 Å². The maximum atomic E-state index is 13.1. The van der Waals surface area contributed by atoms with Gasteiger partial charge in [0.1, 0.15) is 0 Å². The Kier molecular flexibility index (Phi) is 5.08. The Morgan fingerprint density at radius 1 is 0.862 bits per heavy atom.